The summed E-state index contributed by atoms with van der Waals surface area (Å²) >= 11 is 7.59. The summed E-state index contributed by atoms with van der Waals surface area (Å²) in [6.45, 7) is 2.47. The number of nitrogens with one attached hydrogen (secondary N) is 1. The van der Waals surface area contributed by atoms with Crippen LogP contribution in [0.2, 0.25) is 5.02 Å². The summed E-state index contributed by atoms with van der Waals surface area (Å²) in [5.74, 6) is 2.43. The van der Waals surface area contributed by atoms with Crippen molar-refractivity contribution in [2.45, 2.75) is 44.0 Å². The summed E-state index contributed by atoms with van der Waals surface area (Å²) < 4.78 is 8.07. The number of carbonyl (C=O) groups excluding carboxylic acids is 1. The van der Waals surface area contributed by atoms with Crippen LogP contribution in [0.15, 0.2) is 65.0 Å². The van der Waals surface area contributed by atoms with Crippen LogP contribution < -0.4 is 10.1 Å². The van der Waals surface area contributed by atoms with Crippen molar-refractivity contribution in [3.8, 4) is 5.75 Å². The minimum absolute atomic E-state index is 0.155. The predicted octanol–water partition coefficient (Wildman–Crippen LogP) is 5.64. The molecule has 0 spiro atoms. The van der Waals surface area contributed by atoms with E-state index >= 15 is 0 Å². The summed E-state index contributed by atoms with van der Waals surface area (Å²) in [7, 11) is 0. The van der Waals surface area contributed by atoms with Crippen LogP contribution in [0.4, 0.5) is 5.95 Å². The van der Waals surface area contributed by atoms with E-state index in [4.69, 9.17) is 21.4 Å². The molecule has 1 unspecified atom stereocenters. The topological polar surface area (TPSA) is 69.0 Å². The summed E-state index contributed by atoms with van der Waals surface area (Å²) in [5, 5.41) is 9.51. The molecule has 0 saturated carbocycles. The van der Waals surface area contributed by atoms with Gasteiger partial charge >= 0.3 is 0 Å². The van der Waals surface area contributed by atoms with Crippen molar-refractivity contribution >= 4 is 35.1 Å². The van der Waals surface area contributed by atoms with Crippen LogP contribution in [-0.2, 0) is 11.4 Å². The molecule has 6 nitrogen and oxygen atoms in total. The molecule has 2 aliphatic rings. The molecular weight excluding hydrogens is 444 g/mol. The molecule has 1 atom stereocenters. The molecule has 0 radical (unpaired) electrons. The Hall–Kier alpha value is -2.77. The fraction of sp³-hybridized carbons (Fsp3) is 0.292. The maximum absolute atomic E-state index is 13.1. The third kappa shape index (κ3) is 4.02. The highest BCUT2D eigenvalue weighted by molar-refractivity contribution is 7.99. The van der Waals surface area contributed by atoms with E-state index in [0.29, 0.717) is 29.2 Å². The molecule has 0 bridgehead atoms. The first-order valence-corrected chi connectivity index (χ1v) is 12.1. The number of carbonyl (C=O) groups is 1. The van der Waals surface area contributed by atoms with Crippen LogP contribution in [-0.4, -0.2) is 26.3 Å². The van der Waals surface area contributed by atoms with Gasteiger partial charge in [0.25, 0.3) is 0 Å². The Bertz CT molecular complexity index is 1190. The van der Waals surface area contributed by atoms with Gasteiger partial charge in [-0.3, -0.25) is 4.79 Å². The van der Waals surface area contributed by atoms with E-state index in [0.717, 1.165) is 46.7 Å². The van der Waals surface area contributed by atoms with Gasteiger partial charge in [0.1, 0.15) is 18.4 Å². The molecule has 164 valence electrons. The first kappa shape index (κ1) is 21.1. The number of para-hydroxylation sites is 1. The van der Waals surface area contributed by atoms with Gasteiger partial charge in [-0.2, -0.15) is 4.98 Å². The molecule has 2 aromatic carbocycles. The Kier molecular flexibility index (Phi) is 5.93. The summed E-state index contributed by atoms with van der Waals surface area (Å²) in [6, 6.07) is 15.1. The Labute approximate surface area is 196 Å². The van der Waals surface area contributed by atoms with E-state index in [1.807, 2.05) is 53.2 Å². The summed E-state index contributed by atoms with van der Waals surface area (Å²) in [5.41, 5.74) is 3.65. The zero-order chi connectivity index (χ0) is 22.1. The maximum Gasteiger partial charge on any atom is 0.227 e. The molecule has 5 rings (SSSR count). The number of hydrogen-bond donors (Lipinski definition) is 1. The number of ether oxygens (including phenoxy) is 1. The highest BCUT2D eigenvalue weighted by Gasteiger charge is 2.38. The number of rotatable bonds is 6. The lowest BCUT2D eigenvalue weighted by Crippen LogP contribution is -2.31. The molecule has 1 aromatic heterocycles. The van der Waals surface area contributed by atoms with Crippen LogP contribution in [0.3, 0.4) is 0 Å². The Morgan fingerprint density at radius 3 is 2.81 bits per heavy atom. The minimum Gasteiger partial charge on any atom is -0.489 e. The van der Waals surface area contributed by atoms with Crippen molar-refractivity contribution < 1.29 is 9.53 Å². The number of halogens is 1. The number of thioether (sulfide) groups is 1. The highest BCUT2D eigenvalue weighted by atomic mass is 35.5. The molecule has 1 N–H and O–H groups in total. The van der Waals surface area contributed by atoms with Crippen LogP contribution in [0.5, 0.6) is 5.75 Å². The van der Waals surface area contributed by atoms with Gasteiger partial charge in [-0.1, -0.05) is 60.6 Å². The number of fused-ring (bicyclic) bond motifs is 1. The van der Waals surface area contributed by atoms with Crippen LogP contribution in [0, 0.1) is 0 Å². The molecular formula is C24H23ClN4O2S. The van der Waals surface area contributed by atoms with Crippen molar-refractivity contribution in [2.24, 2.45) is 0 Å². The highest BCUT2D eigenvalue weighted by Crippen LogP contribution is 2.43. The number of ketones is 1. The van der Waals surface area contributed by atoms with Gasteiger partial charge in [0.15, 0.2) is 5.78 Å². The lowest BCUT2D eigenvalue weighted by Gasteiger charge is -2.32. The minimum atomic E-state index is -0.367. The molecule has 0 fully saturated rings. The number of benzene rings is 2. The van der Waals surface area contributed by atoms with Gasteiger partial charge in [0.2, 0.25) is 11.1 Å². The van der Waals surface area contributed by atoms with E-state index in [1.54, 1.807) is 11.8 Å². The third-order valence-corrected chi connectivity index (χ3v) is 6.62. The van der Waals surface area contributed by atoms with E-state index in [9.17, 15) is 4.79 Å². The standard InChI is InChI=1S/C24H23ClN4O2S/c1-2-32-24-27-23-26-18-7-5-8-19(30)21(18)22(29(23)28-24)17-6-3-4-9-20(17)31-14-15-10-12-16(25)13-11-15/h3-4,6,9-13,22H,2,5,7-8,14H2,1H3,(H,26,27,28). The second-order valence-corrected chi connectivity index (χ2v) is 9.41. The van der Waals surface area contributed by atoms with Gasteiger partial charge < -0.3 is 10.1 Å². The van der Waals surface area contributed by atoms with Crippen LogP contribution in [0.25, 0.3) is 0 Å². The van der Waals surface area contributed by atoms with Gasteiger partial charge in [-0.25, -0.2) is 4.68 Å². The second kappa shape index (κ2) is 9.00. The molecule has 0 amide bonds. The van der Waals surface area contributed by atoms with Gasteiger partial charge in [-0.15, -0.1) is 5.10 Å². The normalized spacial score (nSPS) is 17.6. The van der Waals surface area contributed by atoms with Gasteiger partial charge in [0.05, 0.1) is 0 Å². The van der Waals surface area contributed by atoms with E-state index in [1.165, 1.54) is 0 Å². The largest absolute Gasteiger partial charge is 0.489 e. The lowest BCUT2D eigenvalue weighted by molar-refractivity contribution is -0.116. The Balaban J connectivity index is 1.55. The zero-order valence-corrected chi connectivity index (χ0v) is 19.2. The number of anilines is 1. The number of aromatic nitrogens is 3. The van der Waals surface area contributed by atoms with Gasteiger partial charge in [0, 0.05) is 28.3 Å². The first-order valence-electron chi connectivity index (χ1n) is 10.7. The smallest absolute Gasteiger partial charge is 0.227 e. The van der Waals surface area contributed by atoms with Crippen LogP contribution >= 0.6 is 23.4 Å². The van der Waals surface area contributed by atoms with E-state index < -0.39 is 0 Å². The average molecular weight is 467 g/mol. The van der Waals surface area contributed by atoms with Crippen LogP contribution in [0.1, 0.15) is 43.4 Å². The summed E-state index contributed by atoms with van der Waals surface area (Å²) in [6.07, 6.45) is 2.22. The number of allylic oxidation sites excluding steroid dienone is 2. The molecule has 8 heteroatoms. The SMILES string of the molecule is CCSc1nc2n(n1)C(c1ccccc1OCc1ccc(Cl)cc1)C1=C(CCCC1=O)N2. The van der Waals surface area contributed by atoms with Crippen molar-refractivity contribution in [3.05, 3.63) is 76.0 Å². The molecule has 32 heavy (non-hydrogen) atoms. The first-order chi connectivity index (χ1) is 15.6. The number of nitrogens with zero attached hydrogens (tertiary/aromatic N) is 3. The average Bonchev–Trinajstić information content (AvgIpc) is 3.20. The quantitative estimate of drug-likeness (QED) is 0.474. The second-order valence-electron chi connectivity index (χ2n) is 7.75. The maximum atomic E-state index is 13.1. The fourth-order valence-corrected chi connectivity index (χ4v) is 4.87. The third-order valence-electron chi connectivity index (χ3n) is 5.64. The predicted molar refractivity (Wildman–Crippen MR) is 126 cm³/mol. The van der Waals surface area contributed by atoms with Crippen molar-refractivity contribution in [1.82, 2.24) is 14.8 Å². The molecule has 2 heterocycles. The summed E-state index contributed by atoms with van der Waals surface area (Å²) in [4.78, 5) is 17.7. The molecule has 0 saturated heterocycles. The molecule has 1 aliphatic heterocycles. The number of hydrogen-bond acceptors (Lipinski definition) is 6. The van der Waals surface area contributed by atoms with E-state index in [2.05, 4.69) is 17.2 Å². The van der Waals surface area contributed by atoms with E-state index in [-0.39, 0.29) is 11.8 Å². The van der Waals surface area contributed by atoms with Crippen molar-refractivity contribution in [1.29, 1.82) is 0 Å². The fourth-order valence-electron chi connectivity index (χ4n) is 4.19. The Morgan fingerprint density at radius 1 is 1.19 bits per heavy atom. The Morgan fingerprint density at radius 2 is 2.00 bits per heavy atom. The van der Waals surface area contributed by atoms with Crippen molar-refractivity contribution in [2.75, 3.05) is 11.1 Å². The van der Waals surface area contributed by atoms with Crippen molar-refractivity contribution in [3.63, 3.8) is 0 Å². The molecule has 1 aliphatic carbocycles. The number of Topliss-reactive ketones (excluding diaryl/α,β-unsaturated/α-hetero) is 1. The molecule has 3 aromatic rings. The van der Waals surface area contributed by atoms with Gasteiger partial charge in [-0.05, 0) is 42.4 Å². The lowest BCUT2D eigenvalue weighted by atomic mass is 9.85. The zero-order valence-electron chi connectivity index (χ0n) is 17.7. The monoisotopic (exact) mass is 466 g/mol.